The van der Waals surface area contributed by atoms with Gasteiger partial charge in [-0.25, -0.2) is 9.78 Å². The van der Waals surface area contributed by atoms with Crippen LogP contribution in [0.15, 0.2) is 40.9 Å². The molecule has 0 radical (unpaired) electrons. The van der Waals surface area contributed by atoms with E-state index >= 15 is 0 Å². The minimum absolute atomic E-state index is 0.0495. The van der Waals surface area contributed by atoms with Crippen LogP contribution < -0.4 is 10.6 Å². The second-order valence-electron chi connectivity index (χ2n) is 8.30. The van der Waals surface area contributed by atoms with Crippen molar-refractivity contribution in [1.82, 2.24) is 25.8 Å². The minimum atomic E-state index is -0.909. The first-order valence-electron chi connectivity index (χ1n) is 11.8. The maximum absolute atomic E-state index is 12.6. The van der Waals surface area contributed by atoms with Crippen LogP contribution in [-0.2, 0) is 9.53 Å². The molecule has 4 rings (SSSR count). The molecule has 0 aliphatic heterocycles. The Labute approximate surface area is 208 Å². The standard InChI is InChI=1S/C24H27N5O5S/c1-13(14-7-8-14)26-21(30)18-10-17(28-29-18)15-5-4-6-16(9-15)23-25-11-20(34-23)22(31)27-19(12-35-3)24(32)33-2/h4-6,9-11,13-14,19H,7-8,12H2,1-3H3,(H,26,30)(H,27,31)(H,28,29)/t13-,19-/m0/s1/i3D. The van der Waals surface area contributed by atoms with Gasteiger partial charge in [-0.3, -0.25) is 14.7 Å². The van der Waals surface area contributed by atoms with E-state index < -0.39 is 17.9 Å². The topological polar surface area (TPSA) is 139 Å². The van der Waals surface area contributed by atoms with Gasteiger partial charge in [0.2, 0.25) is 11.7 Å². The van der Waals surface area contributed by atoms with Crippen LogP contribution in [0, 0.1) is 5.92 Å². The zero-order valence-corrected chi connectivity index (χ0v) is 20.2. The number of hydrogen-bond donors (Lipinski definition) is 3. The van der Waals surface area contributed by atoms with Crippen LogP contribution in [-0.4, -0.2) is 64.1 Å². The van der Waals surface area contributed by atoms with Crippen molar-refractivity contribution in [2.75, 3.05) is 19.1 Å². The number of amides is 2. The van der Waals surface area contributed by atoms with Crippen LogP contribution in [0.25, 0.3) is 22.7 Å². The van der Waals surface area contributed by atoms with Gasteiger partial charge in [0.25, 0.3) is 11.8 Å². The van der Waals surface area contributed by atoms with E-state index in [4.69, 9.17) is 10.5 Å². The molecule has 0 spiro atoms. The summed E-state index contributed by atoms with van der Waals surface area (Å²) < 4.78 is 17.6. The van der Waals surface area contributed by atoms with Gasteiger partial charge in [-0.2, -0.15) is 16.9 Å². The minimum Gasteiger partial charge on any atom is -0.467 e. The van der Waals surface area contributed by atoms with Crippen molar-refractivity contribution in [3.8, 4) is 22.7 Å². The number of rotatable bonds is 10. The van der Waals surface area contributed by atoms with Crippen LogP contribution in [0.5, 0.6) is 0 Å². The number of nitrogens with one attached hydrogen (secondary N) is 3. The molecule has 2 atom stereocenters. The Hall–Kier alpha value is -3.60. The number of H-pyrrole nitrogens is 1. The normalized spacial score (nSPS) is 15.1. The maximum Gasteiger partial charge on any atom is 0.329 e. The summed E-state index contributed by atoms with van der Waals surface area (Å²) in [4.78, 5) is 41.2. The number of esters is 1. The molecule has 0 saturated heterocycles. The van der Waals surface area contributed by atoms with Gasteiger partial charge in [-0.15, -0.1) is 0 Å². The van der Waals surface area contributed by atoms with Gasteiger partial charge in [-0.05, 0) is 50.1 Å². The molecule has 1 aliphatic carbocycles. The number of carbonyl (C=O) groups excluding carboxylic acids is 3. The first-order valence-corrected chi connectivity index (χ1v) is 12.2. The highest BCUT2D eigenvalue weighted by Gasteiger charge is 2.29. The third kappa shape index (κ3) is 5.91. The van der Waals surface area contributed by atoms with Crippen LogP contribution in [0.4, 0.5) is 0 Å². The van der Waals surface area contributed by atoms with Crippen LogP contribution >= 0.6 is 11.8 Å². The van der Waals surface area contributed by atoms with E-state index in [1.54, 1.807) is 24.3 Å². The second kappa shape index (κ2) is 10.8. The molecule has 3 N–H and O–H groups in total. The molecule has 3 aromatic rings. The predicted molar refractivity (Wildman–Crippen MR) is 131 cm³/mol. The molecule has 184 valence electrons. The Balaban J connectivity index is 1.45. The van der Waals surface area contributed by atoms with E-state index in [9.17, 15) is 14.4 Å². The molecular formula is C24H27N5O5S. The second-order valence-corrected chi connectivity index (χ2v) is 9.04. The fraction of sp³-hybridized carbons (Fsp3) is 0.375. The first-order chi connectivity index (χ1) is 17.4. The predicted octanol–water partition coefficient (Wildman–Crippen LogP) is 2.89. The van der Waals surface area contributed by atoms with Crippen LogP contribution in [0.2, 0.25) is 0 Å². The zero-order chi connectivity index (χ0) is 25.7. The van der Waals surface area contributed by atoms with Crippen molar-refractivity contribution in [3.05, 3.63) is 48.0 Å². The molecule has 1 aliphatic rings. The molecule has 1 aromatic carbocycles. The number of methoxy groups -OCH3 is 1. The Morgan fingerprint density at radius 2 is 2.06 bits per heavy atom. The molecule has 2 aromatic heterocycles. The number of oxazole rings is 1. The van der Waals surface area contributed by atoms with Gasteiger partial charge in [0.05, 0.1) is 19.0 Å². The van der Waals surface area contributed by atoms with Crippen molar-refractivity contribution in [2.24, 2.45) is 5.92 Å². The van der Waals surface area contributed by atoms with E-state index in [-0.39, 0.29) is 35.6 Å². The molecule has 2 heterocycles. The van der Waals surface area contributed by atoms with Gasteiger partial charge in [0.1, 0.15) is 11.7 Å². The fourth-order valence-corrected chi connectivity index (χ4v) is 4.02. The van der Waals surface area contributed by atoms with E-state index in [0.717, 1.165) is 18.4 Å². The van der Waals surface area contributed by atoms with Crippen molar-refractivity contribution in [3.63, 3.8) is 0 Å². The fourth-order valence-electron chi connectivity index (χ4n) is 3.57. The molecule has 2 amide bonds. The van der Waals surface area contributed by atoms with Crippen molar-refractivity contribution < 1.29 is 24.9 Å². The van der Waals surface area contributed by atoms with Gasteiger partial charge in [0.15, 0.2) is 0 Å². The van der Waals surface area contributed by atoms with E-state index in [1.807, 2.05) is 13.0 Å². The summed E-state index contributed by atoms with van der Waals surface area (Å²) in [7, 11) is 1.23. The summed E-state index contributed by atoms with van der Waals surface area (Å²) in [6, 6.07) is 8.11. The summed E-state index contributed by atoms with van der Waals surface area (Å²) in [5.74, 6) is -0.519. The molecule has 1 saturated carbocycles. The van der Waals surface area contributed by atoms with Crippen molar-refractivity contribution >= 4 is 29.5 Å². The number of benzene rings is 1. The summed E-state index contributed by atoms with van der Waals surface area (Å²) in [6.07, 6.45) is 3.61. The van der Waals surface area contributed by atoms with Crippen molar-refractivity contribution in [2.45, 2.75) is 31.8 Å². The molecule has 10 nitrogen and oxygen atoms in total. The third-order valence-corrected chi connectivity index (χ3v) is 6.29. The number of ether oxygens (including phenoxy) is 1. The number of hydrogen-bond acceptors (Lipinski definition) is 8. The highest BCUT2D eigenvalue weighted by atomic mass is 32.2. The summed E-state index contributed by atoms with van der Waals surface area (Å²) >= 11 is 1.18. The van der Waals surface area contributed by atoms with E-state index in [2.05, 4.69) is 25.8 Å². The molecule has 11 heteroatoms. The largest absolute Gasteiger partial charge is 0.467 e. The summed E-state index contributed by atoms with van der Waals surface area (Å²) in [5, 5.41) is 12.6. The molecule has 0 bridgehead atoms. The summed E-state index contributed by atoms with van der Waals surface area (Å²) in [6.45, 7) is 2.01. The average Bonchev–Trinajstić information content (AvgIpc) is 3.41. The third-order valence-electron chi connectivity index (χ3n) is 5.72. The lowest BCUT2D eigenvalue weighted by Gasteiger charge is -2.14. The summed E-state index contributed by atoms with van der Waals surface area (Å²) in [5.41, 5.74) is 2.30. The monoisotopic (exact) mass is 498 g/mol. The number of aromatic nitrogens is 3. The van der Waals surface area contributed by atoms with Gasteiger partial charge in [-0.1, -0.05) is 12.1 Å². The quantitative estimate of drug-likeness (QED) is 0.363. The highest BCUT2D eigenvalue weighted by molar-refractivity contribution is 7.98. The SMILES string of the molecule is [2H]CSC[C@H](NC(=O)c1cnc(-c2cccc(-c3cc(C(=O)N[C@@H](C)C4CC4)[nH]n3)c2)o1)C(=O)OC. The Kier molecular flexibility index (Phi) is 7.12. The lowest BCUT2D eigenvalue weighted by Crippen LogP contribution is -2.43. The average molecular weight is 499 g/mol. The first kappa shape index (κ1) is 23.2. The number of carbonyl (C=O) groups is 3. The van der Waals surface area contributed by atoms with Gasteiger partial charge >= 0.3 is 5.97 Å². The number of nitrogens with zero attached hydrogens (tertiary/aromatic N) is 2. The Morgan fingerprint density at radius 1 is 1.26 bits per heavy atom. The Morgan fingerprint density at radius 3 is 2.80 bits per heavy atom. The Bertz CT molecular complexity index is 1240. The number of thioether (sulfide) groups is 1. The smallest absolute Gasteiger partial charge is 0.329 e. The zero-order valence-electron chi connectivity index (χ0n) is 20.4. The lowest BCUT2D eigenvalue weighted by atomic mass is 10.1. The van der Waals surface area contributed by atoms with Crippen LogP contribution in [0.3, 0.4) is 0 Å². The molecule has 1 fully saturated rings. The molecule has 0 unspecified atom stereocenters. The highest BCUT2D eigenvalue weighted by Crippen LogP contribution is 2.32. The maximum atomic E-state index is 12.6. The van der Waals surface area contributed by atoms with Gasteiger partial charge < -0.3 is 19.8 Å². The lowest BCUT2D eigenvalue weighted by molar-refractivity contribution is -0.142. The number of aromatic amines is 1. The molecular weight excluding hydrogens is 470 g/mol. The van der Waals surface area contributed by atoms with Gasteiger partial charge in [0, 0.05) is 24.3 Å². The molecule has 35 heavy (non-hydrogen) atoms. The van der Waals surface area contributed by atoms with Crippen molar-refractivity contribution in [1.29, 1.82) is 0 Å². The van der Waals surface area contributed by atoms with E-state index in [1.165, 1.54) is 25.1 Å². The van der Waals surface area contributed by atoms with Crippen LogP contribution in [0.1, 0.15) is 42.2 Å². The van der Waals surface area contributed by atoms with E-state index in [0.29, 0.717) is 22.9 Å².